The first-order valence-electron chi connectivity index (χ1n) is 8.55. The van der Waals surface area contributed by atoms with Gasteiger partial charge in [-0.3, -0.25) is 4.98 Å². The molecule has 4 heterocycles. The topological polar surface area (TPSA) is 79.0 Å². The highest BCUT2D eigenvalue weighted by Crippen LogP contribution is 2.32. The van der Waals surface area contributed by atoms with Crippen LogP contribution in [-0.2, 0) is 22.8 Å². The molecule has 1 aliphatic rings. The Balaban J connectivity index is 1.63. The molecule has 140 valence electrons. The minimum absolute atomic E-state index is 0.109. The number of H-pyrrole nitrogens is 1. The van der Waals surface area contributed by atoms with E-state index in [0.29, 0.717) is 5.02 Å². The molecule has 4 rings (SSSR count). The van der Waals surface area contributed by atoms with Gasteiger partial charge >= 0.3 is 0 Å². The number of halogens is 1. The van der Waals surface area contributed by atoms with Gasteiger partial charge in [0.1, 0.15) is 0 Å². The van der Waals surface area contributed by atoms with Crippen molar-refractivity contribution in [3.8, 4) is 11.3 Å². The monoisotopic (exact) mass is 402 g/mol. The number of aromatic nitrogens is 3. The molecule has 8 heteroatoms. The Kier molecular flexibility index (Phi) is 4.44. The number of anilines is 1. The van der Waals surface area contributed by atoms with E-state index >= 15 is 0 Å². The van der Waals surface area contributed by atoms with Crippen molar-refractivity contribution in [2.75, 3.05) is 17.7 Å². The fraction of sp³-hybridized carbons (Fsp3) is 0.263. The van der Waals surface area contributed by atoms with E-state index < -0.39 is 9.84 Å². The van der Waals surface area contributed by atoms with Gasteiger partial charge in [-0.25, -0.2) is 13.4 Å². The van der Waals surface area contributed by atoms with E-state index in [9.17, 15) is 8.42 Å². The van der Waals surface area contributed by atoms with Crippen molar-refractivity contribution in [1.29, 1.82) is 0 Å². The maximum absolute atomic E-state index is 11.7. The predicted molar refractivity (Wildman–Crippen MR) is 106 cm³/mol. The summed E-state index contributed by atoms with van der Waals surface area (Å²) in [5, 5.41) is 0.724. The van der Waals surface area contributed by atoms with Crippen molar-refractivity contribution in [2.45, 2.75) is 24.9 Å². The highest BCUT2D eigenvalue weighted by molar-refractivity contribution is 7.90. The third kappa shape index (κ3) is 3.44. The van der Waals surface area contributed by atoms with Crippen LogP contribution < -0.4 is 4.90 Å². The third-order valence-corrected chi connectivity index (χ3v) is 6.11. The summed E-state index contributed by atoms with van der Waals surface area (Å²) in [4.78, 5) is 13.9. The zero-order valence-corrected chi connectivity index (χ0v) is 16.6. The SMILES string of the molecule is Cc1cc(S(C)(=O)=O)ncc1N1CCc2[nH]c(-c3ccncc3Cl)cc2C1. The number of nitrogens with one attached hydrogen (secondary N) is 1. The molecule has 1 N–H and O–H groups in total. The van der Waals surface area contributed by atoms with Crippen LogP contribution in [0.25, 0.3) is 11.3 Å². The van der Waals surface area contributed by atoms with E-state index in [-0.39, 0.29) is 5.03 Å². The normalized spacial score (nSPS) is 14.3. The lowest BCUT2D eigenvalue weighted by molar-refractivity contribution is 0.598. The Morgan fingerprint density at radius 1 is 1.26 bits per heavy atom. The van der Waals surface area contributed by atoms with Crippen molar-refractivity contribution in [3.63, 3.8) is 0 Å². The lowest BCUT2D eigenvalue weighted by atomic mass is 10.1. The average Bonchev–Trinajstić information content (AvgIpc) is 3.04. The molecular formula is C19H19ClN4O2S. The highest BCUT2D eigenvalue weighted by atomic mass is 35.5. The minimum atomic E-state index is -3.31. The van der Waals surface area contributed by atoms with Gasteiger partial charge in [0.05, 0.1) is 16.9 Å². The number of fused-ring (bicyclic) bond motifs is 1. The molecule has 0 unspecified atom stereocenters. The van der Waals surface area contributed by atoms with Gasteiger partial charge in [0.15, 0.2) is 14.9 Å². The fourth-order valence-corrected chi connectivity index (χ4v) is 4.29. The maximum Gasteiger partial charge on any atom is 0.192 e. The van der Waals surface area contributed by atoms with Gasteiger partial charge in [-0.15, -0.1) is 0 Å². The number of sulfone groups is 1. The third-order valence-electron chi connectivity index (χ3n) is 4.83. The second kappa shape index (κ2) is 6.65. The standard InChI is InChI=1S/C19H19ClN4O2S/c1-12-7-19(27(2,25)26)22-10-18(12)24-6-4-16-13(11-24)8-17(23-16)14-3-5-21-9-15(14)20/h3,5,7-10,23H,4,6,11H2,1-2H3. The second-order valence-corrected chi connectivity index (χ2v) is 9.16. The van der Waals surface area contributed by atoms with Crippen LogP contribution in [0.3, 0.4) is 0 Å². The molecule has 0 saturated carbocycles. The van der Waals surface area contributed by atoms with E-state index in [1.54, 1.807) is 24.7 Å². The van der Waals surface area contributed by atoms with Crippen LogP contribution in [-0.4, -0.2) is 36.2 Å². The quantitative estimate of drug-likeness (QED) is 0.726. The number of hydrogen-bond acceptors (Lipinski definition) is 5. The first-order chi connectivity index (χ1) is 12.8. The van der Waals surface area contributed by atoms with Gasteiger partial charge < -0.3 is 9.88 Å². The van der Waals surface area contributed by atoms with Crippen molar-refractivity contribution in [1.82, 2.24) is 15.0 Å². The van der Waals surface area contributed by atoms with Crippen LogP contribution in [0.2, 0.25) is 5.02 Å². The Hall–Kier alpha value is -2.38. The van der Waals surface area contributed by atoms with Crippen LogP contribution in [0.4, 0.5) is 5.69 Å². The van der Waals surface area contributed by atoms with Gasteiger partial charge in [-0.05, 0) is 36.2 Å². The van der Waals surface area contributed by atoms with E-state index in [4.69, 9.17) is 11.6 Å². The van der Waals surface area contributed by atoms with E-state index in [0.717, 1.165) is 42.0 Å². The number of pyridine rings is 2. The number of aryl methyl sites for hydroxylation is 1. The maximum atomic E-state index is 11.7. The smallest absolute Gasteiger partial charge is 0.192 e. The Bertz CT molecular complexity index is 1120. The summed E-state index contributed by atoms with van der Waals surface area (Å²) in [6, 6.07) is 5.66. The van der Waals surface area contributed by atoms with Crippen molar-refractivity contribution >= 4 is 27.1 Å². The van der Waals surface area contributed by atoms with Crippen molar-refractivity contribution in [3.05, 3.63) is 58.6 Å². The number of hydrogen-bond donors (Lipinski definition) is 1. The van der Waals surface area contributed by atoms with E-state index in [1.165, 1.54) is 17.5 Å². The Morgan fingerprint density at radius 2 is 2.07 bits per heavy atom. The molecule has 0 saturated heterocycles. The first-order valence-corrected chi connectivity index (χ1v) is 10.8. The summed E-state index contributed by atoms with van der Waals surface area (Å²) in [6.07, 6.45) is 7.07. The second-order valence-electron chi connectivity index (χ2n) is 6.80. The number of aromatic amines is 1. The summed E-state index contributed by atoms with van der Waals surface area (Å²) < 4.78 is 23.4. The molecule has 6 nitrogen and oxygen atoms in total. The summed E-state index contributed by atoms with van der Waals surface area (Å²) in [5.41, 5.74) is 6.18. The van der Waals surface area contributed by atoms with Gasteiger partial charge in [0.25, 0.3) is 0 Å². The molecular weight excluding hydrogens is 384 g/mol. The molecule has 3 aromatic heterocycles. The molecule has 1 aliphatic heterocycles. The molecule has 0 aliphatic carbocycles. The van der Waals surface area contributed by atoms with Crippen LogP contribution in [0.15, 0.2) is 41.8 Å². The molecule has 0 radical (unpaired) electrons. The van der Waals surface area contributed by atoms with Crippen LogP contribution >= 0.6 is 11.6 Å². The Labute approximate surface area is 163 Å². The zero-order chi connectivity index (χ0) is 19.2. The van der Waals surface area contributed by atoms with Crippen molar-refractivity contribution in [2.24, 2.45) is 0 Å². The van der Waals surface area contributed by atoms with Crippen LogP contribution in [0.5, 0.6) is 0 Å². The predicted octanol–water partition coefficient (Wildman–Crippen LogP) is 3.40. The molecule has 0 aromatic carbocycles. The van der Waals surface area contributed by atoms with E-state index in [2.05, 4.69) is 25.9 Å². The molecule has 0 bridgehead atoms. The molecule has 0 atom stereocenters. The van der Waals surface area contributed by atoms with Gasteiger partial charge in [0.2, 0.25) is 0 Å². The molecule has 0 fully saturated rings. The first kappa shape index (κ1) is 18.0. The van der Waals surface area contributed by atoms with Gasteiger partial charge in [0, 0.05) is 55.1 Å². The average molecular weight is 403 g/mol. The molecule has 0 amide bonds. The molecule has 3 aromatic rings. The van der Waals surface area contributed by atoms with Crippen molar-refractivity contribution < 1.29 is 8.42 Å². The summed E-state index contributed by atoms with van der Waals surface area (Å²) in [5.74, 6) is 0. The molecule has 27 heavy (non-hydrogen) atoms. The lowest BCUT2D eigenvalue weighted by Gasteiger charge is -2.30. The zero-order valence-electron chi connectivity index (χ0n) is 15.0. The summed E-state index contributed by atoms with van der Waals surface area (Å²) in [6.45, 7) is 3.48. The minimum Gasteiger partial charge on any atom is -0.365 e. The molecule has 0 spiro atoms. The van der Waals surface area contributed by atoms with Crippen LogP contribution in [0.1, 0.15) is 16.8 Å². The Morgan fingerprint density at radius 3 is 2.78 bits per heavy atom. The lowest BCUT2D eigenvalue weighted by Crippen LogP contribution is -2.30. The van der Waals surface area contributed by atoms with Gasteiger partial charge in [-0.1, -0.05) is 11.6 Å². The highest BCUT2D eigenvalue weighted by Gasteiger charge is 2.22. The summed E-state index contributed by atoms with van der Waals surface area (Å²) in [7, 11) is -3.31. The van der Waals surface area contributed by atoms with E-state index in [1.807, 2.05) is 13.0 Å². The largest absolute Gasteiger partial charge is 0.365 e. The summed E-state index contributed by atoms with van der Waals surface area (Å²) >= 11 is 6.27. The number of rotatable bonds is 3. The van der Waals surface area contributed by atoms with Gasteiger partial charge in [-0.2, -0.15) is 0 Å². The van der Waals surface area contributed by atoms with Crippen LogP contribution in [0, 0.1) is 6.92 Å². The fourth-order valence-electron chi connectivity index (χ4n) is 3.44. The number of nitrogens with zero attached hydrogens (tertiary/aromatic N) is 3.